The number of pyridine rings is 1. The van der Waals surface area contributed by atoms with Crippen LogP contribution in [0.5, 0.6) is 0 Å². The number of nitrogens with zero attached hydrogens (tertiary/aromatic N) is 2. The third kappa shape index (κ3) is 5.32. The van der Waals surface area contributed by atoms with Gasteiger partial charge >= 0.3 is 0 Å². The van der Waals surface area contributed by atoms with Crippen LogP contribution in [0, 0.1) is 6.92 Å². The number of anilines is 1. The van der Waals surface area contributed by atoms with Crippen LogP contribution >= 0.6 is 0 Å². The van der Waals surface area contributed by atoms with Crippen molar-refractivity contribution in [2.45, 2.75) is 20.3 Å². The SMILES string of the molecule is CCCNc1cc(C)ncc1C(=O)N(CCO)CCOC. The summed E-state index contributed by atoms with van der Waals surface area (Å²) in [5.74, 6) is -0.146. The molecule has 0 radical (unpaired) electrons. The minimum atomic E-state index is -0.146. The molecule has 6 nitrogen and oxygen atoms in total. The molecule has 0 aliphatic heterocycles. The van der Waals surface area contributed by atoms with Gasteiger partial charge in [0, 0.05) is 38.6 Å². The fraction of sp³-hybridized carbons (Fsp3) is 0.600. The largest absolute Gasteiger partial charge is 0.395 e. The molecule has 6 heteroatoms. The van der Waals surface area contributed by atoms with E-state index in [4.69, 9.17) is 9.84 Å². The molecule has 0 fully saturated rings. The first-order valence-electron chi connectivity index (χ1n) is 7.23. The van der Waals surface area contributed by atoms with Gasteiger partial charge in [-0.1, -0.05) is 6.92 Å². The number of hydrogen-bond donors (Lipinski definition) is 2. The molecule has 0 aromatic carbocycles. The predicted octanol–water partition coefficient (Wildman–Crippen LogP) is 1.29. The van der Waals surface area contributed by atoms with Crippen LogP contribution in [0.1, 0.15) is 29.4 Å². The van der Waals surface area contributed by atoms with Gasteiger partial charge in [0.15, 0.2) is 0 Å². The Balaban J connectivity index is 2.96. The Bertz CT molecular complexity index is 452. The maximum Gasteiger partial charge on any atom is 0.257 e. The molecule has 1 rings (SSSR count). The number of aliphatic hydroxyl groups is 1. The number of ether oxygens (including phenoxy) is 1. The van der Waals surface area contributed by atoms with E-state index in [-0.39, 0.29) is 19.1 Å². The minimum absolute atomic E-state index is 0.0769. The van der Waals surface area contributed by atoms with Crippen LogP contribution in [0.3, 0.4) is 0 Å². The zero-order chi connectivity index (χ0) is 15.7. The highest BCUT2D eigenvalue weighted by molar-refractivity contribution is 5.99. The van der Waals surface area contributed by atoms with E-state index in [1.54, 1.807) is 18.2 Å². The summed E-state index contributed by atoms with van der Waals surface area (Å²) >= 11 is 0. The van der Waals surface area contributed by atoms with Crippen molar-refractivity contribution in [2.24, 2.45) is 0 Å². The molecule has 0 saturated carbocycles. The highest BCUT2D eigenvalue weighted by Gasteiger charge is 2.19. The second kappa shape index (κ2) is 9.31. The molecule has 2 N–H and O–H groups in total. The van der Waals surface area contributed by atoms with Crippen molar-refractivity contribution in [1.29, 1.82) is 0 Å². The Morgan fingerprint density at radius 2 is 2.24 bits per heavy atom. The summed E-state index contributed by atoms with van der Waals surface area (Å²) in [6, 6.07) is 1.87. The lowest BCUT2D eigenvalue weighted by Gasteiger charge is -2.23. The van der Waals surface area contributed by atoms with Gasteiger partial charge in [-0.25, -0.2) is 0 Å². The Labute approximate surface area is 126 Å². The first-order valence-corrected chi connectivity index (χ1v) is 7.23. The molecule has 0 bridgehead atoms. The zero-order valence-electron chi connectivity index (χ0n) is 13.1. The van der Waals surface area contributed by atoms with Gasteiger partial charge in [-0.05, 0) is 19.4 Å². The Morgan fingerprint density at radius 1 is 1.48 bits per heavy atom. The highest BCUT2D eigenvalue weighted by atomic mass is 16.5. The van der Waals surface area contributed by atoms with E-state index < -0.39 is 0 Å². The van der Waals surface area contributed by atoms with Crippen molar-refractivity contribution in [1.82, 2.24) is 9.88 Å². The Morgan fingerprint density at radius 3 is 2.86 bits per heavy atom. The number of nitrogens with one attached hydrogen (secondary N) is 1. The second-order valence-corrected chi connectivity index (χ2v) is 4.81. The van der Waals surface area contributed by atoms with E-state index in [2.05, 4.69) is 17.2 Å². The van der Waals surface area contributed by atoms with Crippen LogP contribution in [0.15, 0.2) is 12.3 Å². The lowest BCUT2D eigenvalue weighted by Crippen LogP contribution is -2.36. The number of amides is 1. The maximum absolute atomic E-state index is 12.6. The van der Waals surface area contributed by atoms with E-state index in [1.807, 2.05) is 13.0 Å². The zero-order valence-corrected chi connectivity index (χ0v) is 13.1. The van der Waals surface area contributed by atoms with Crippen molar-refractivity contribution in [3.8, 4) is 0 Å². The standard InChI is InChI=1S/C15H25N3O3/c1-4-5-16-14-10-12(2)17-11-13(14)15(20)18(6-8-19)7-9-21-3/h10-11,19H,4-9H2,1-3H3,(H,16,17). The molecule has 1 amide bonds. The molecular formula is C15H25N3O3. The highest BCUT2D eigenvalue weighted by Crippen LogP contribution is 2.18. The van der Waals surface area contributed by atoms with Crippen molar-refractivity contribution in [3.05, 3.63) is 23.5 Å². The van der Waals surface area contributed by atoms with Crippen molar-refractivity contribution >= 4 is 11.6 Å². The molecule has 0 unspecified atom stereocenters. The van der Waals surface area contributed by atoms with Gasteiger partial charge in [-0.3, -0.25) is 9.78 Å². The first-order chi connectivity index (χ1) is 10.1. The van der Waals surface area contributed by atoms with Crippen molar-refractivity contribution < 1.29 is 14.6 Å². The van der Waals surface area contributed by atoms with Crippen LogP contribution in [0.2, 0.25) is 0 Å². The number of carbonyl (C=O) groups excluding carboxylic acids is 1. The lowest BCUT2D eigenvalue weighted by molar-refractivity contribution is 0.0657. The predicted molar refractivity (Wildman–Crippen MR) is 82.6 cm³/mol. The summed E-state index contributed by atoms with van der Waals surface area (Å²) in [4.78, 5) is 18.4. The van der Waals surface area contributed by atoms with Crippen LogP contribution in [0.25, 0.3) is 0 Å². The van der Waals surface area contributed by atoms with E-state index in [1.165, 1.54) is 0 Å². The minimum Gasteiger partial charge on any atom is -0.395 e. The molecule has 0 aliphatic carbocycles. The molecule has 1 heterocycles. The molecule has 21 heavy (non-hydrogen) atoms. The summed E-state index contributed by atoms with van der Waals surface area (Å²) in [6.07, 6.45) is 2.56. The third-order valence-electron chi connectivity index (χ3n) is 3.06. The van der Waals surface area contributed by atoms with Crippen LogP contribution in [-0.4, -0.2) is 60.9 Å². The number of aliphatic hydroxyl groups excluding tert-OH is 1. The van der Waals surface area contributed by atoms with Gasteiger partial charge in [0.05, 0.1) is 24.5 Å². The van der Waals surface area contributed by atoms with Gasteiger partial charge in [0.2, 0.25) is 0 Å². The van der Waals surface area contributed by atoms with Crippen LogP contribution < -0.4 is 5.32 Å². The van der Waals surface area contributed by atoms with Crippen molar-refractivity contribution in [3.63, 3.8) is 0 Å². The first kappa shape index (κ1) is 17.4. The monoisotopic (exact) mass is 295 g/mol. The summed E-state index contributed by atoms with van der Waals surface area (Å²) in [7, 11) is 1.59. The molecular weight excluding hydrogens is 270 g/mol. The second-order valence-electron chi connectivity index (χ2n) is 4.81. The fourth-order valence-corrected chi connectivity index (χ4v) is 1.94. The Hall–Kier alpha value is -1.66. The average Bonchev–Trinajstić information content (AvgIpc) is 2.48. The number of hydrogen-bond acceptors (Lipinski definition) is 5. The molecule has 0 saturated heterocycles. The number of aromatic nitrogens is 1. The fourth-order valence-electron chi connectivity index (χ4n) is 1.94. The normalized spacial score (nSPS) is 10.5. The molecule has 1 aromatic heterocycles. The number of rotatable bonds is 9. The van der Waals surface area contributed by atoms with Crippen LogP contribution in [0.4, 0.5) is 5.69 Å². The maximum atomic E-state index is 12.6. The number of methoxy groups -OCH3 is 1. The van der Waals surface area contributed by atoms with Gasteiger partial charge < -0.3 is 20.1 Å². The summed E-state index contributed by atoms with van der Waals surface area (Å²) in [6.45, 7) is 5.83. The third-order valence-corrected chi connectivity index (χ3v) is 3.06. The van der Waals surface area contributed by atoms with Crippen LogP contribution in [-0.2, 0) is 4.74 Å². The summed E-state index contributed by atoms with van der Waals surface area (Å²) in [5.41, 5.74) is 2.17. The Kier molecular flexibility index (Phi) is 7.71. The van der Waals surface area contributed by atoms with E-state index in [9.17, 15) is 4.79 Å². The van der Waals surface area contributed by atoms with Gasteiger partial charge in [-0.15, -0.1) is 0 Å². The smallest absolute Gasteiger partial charge is 0.257 e. The lowest BCUT2D eigenvalue weighted by atomic mass is 10.1. The molecule has 1 aromatic rings. The van der Waals surface area contributed by atoms with Gasteiger partial charge in [-0.2, -0.15) is 0 Å². The van der Waals surface area contributed by atoms with E-state index in [0.29, 0.717) is 18.7 Å². The summed E-state index contributed by atoms with van der Waals surface area (Å²) in [5, 5.41) is 12.4. The van der Waals surface area contributed by atoms with Gasteiger partial charge in [0.25, 0.3) is 5.91 Å². The quantitative estimate of drug-likeness (QED) is 0.718. The molecule has 0 aliphatic rings. The topological polar surface area (TPSA) is 74.7 Å². The van der Waals surface area contributed by atoms with Gasteiger partial charge in [0.1, 0.15) is 0 Å². The number of carbonyl (C=O) groups is 1. The average molecular weight is 295 g/mol. The van der Waals surface area contributed by atoms with E-state index >= 15 is 0 Å². The molecule has 0 atom stereocenters. The molecule has 118 valence electrons. The number of aryl methyl sites for hydroxylation is 1. The molecule has 0 spiro atoms. The summed E-state index contributed by atoms with van der Waals surface area (Å²) < 4.78 is 5.01. The van der Waals surface area contributed by atoms with Crippen molar-refractivity contribution in [2.75, 3.05) is 45.3 Å². The van der Waals surface area contributed by atoms with E-state index in [0.717, 1.165) is 24.3 Å².